The summed E-state index contributed by atoms with van der Waals surface area (Å²) in [6.45, 7) is 0.523. The van der Waals surface area contributed by atoms with Crippen molar-refractivity contribution in [3.8, 4) is 0 Å². The zero-order valence-electron chi connectivity index (χ0n) is 7.23. The van der Waals surface area contributed by atoms with Crippen molar-refractivity contribution in [1.29, 1.82) is 0 Å². The Kier molecular flexibility index (Phi) is 4.16. The highest BCUT2D eigenvalue weighted by atomic mass is 79.9. The largest absolute Gasteiger partial charge is 0.289 e. The van der Waals surface area contributed by atoms with Gasteiger partial charge in [0.2, 0.25) is 0 Å². The van der Waals surface area contributed by atoms with E-state index in [1.54, 1.807) is 12.1 Å². The fourth-order valence-electron chi connectivity index (χ4n) is 0.998. The topological polar surface area (TPSA) is 3.24 Å². The van der Waals surface area contributed by atoms with Crippen molar-refractivity contribution < 1.29 is 4.39 Å². The molecular weight excluding hydrogens is 256 g/mol. The van der Waals surface area contributed by atoms with Gasteiger partial charge in [-0.05, 0) is 25.2 Å². The van der Waals surface area contributed by atoms with Crippen molar-refractivity contribution in [2.45, 2.75) is 6.54 Å². The third-order valence-corrected chi connectivity index (χ3v) is 2.55. The van der Waals surface area contributed by atoms with Gasteiger partial charge in [0, 0.05) is 16.6 Å². The quantitative estimate of drug-likeness (QED) is 0.600. The summed E-state index contributed by atoms with van der Waals surface area (Å²) in [5.41, 5.74) is 0.650. The molecule has 0 radical (unpaired) electrons. The van der Waals surface area contributed by atoms with Crippen LogP contribution in [0.15, 0.2) is 22.7 Å². The van der Waals surface area contributed by atoms with Crippen LogP contribution in [-0.4, -0.2) is 18.0 Å². The molecule has 0 saturated heterocycles. The molecule has 1 aromatic carbocycles. The third kappa shape index (κ3) is 3.25. The van der Waals surface area contributed by atoms with Crippen molar-refractivity contribution in [3.05, 3.63) is 34.1 Å². The molecule has 0 N–H and O–H groups in total. The first-order chi connectivity index (χ1) is 6.13. The fraction of sp³-hybridized carbons (Fsp3) is 0.333. The smallest absolute Gasteiger partial charge is 0.127 e. The molecule has 13 heavy (non-hydrogen) atoms. The molecule has 0 amide bonds. The lowest BCUT2D eigenvalue weighted by atomic mass is 10.2. The van der Waals surface area contributed by atoms with Gasteiger partial charge in [-0.2, -0.15) is 0 Å². The highest BCUT2D eigenvalue weighted by Crippen LogP contribution is 2.16. The summed E-state index contributed by atoms with van der Waals surface area (Å²) >= 11 is 8.88. The summed E-state index contributed by atoms with van der Waals surface area (Å²) in [4.78, 5) is 1.83. The van der Waals surface area contributed by atoms with Gasteiger partial charge >= 0.3 is 0 Å². The predicted octanol–water partition coefficient (Wildman–Crippen LogP) is 3.22. The van der Waals surface area contributed by atoms with Crippen LogP contribution in [0.4, 0.5) is 4.39 Å². The average Bonchev–Trinajstić information content (AvgIpc) is 2.11. The molecule has 1 nitrogen and oxygen atoms in total. The van der Waals surface area contributed by atoms with Gasteiger partial charge in [0.1, 0.15) is 5.82 Å². The number of hydrogen-bond acceptors (Lipinski definition) is 1. The molecule has 0 aliphatic heterocycles. The number of benzene rings is 1. The van der Waals surface area contributed by atoms with Gasteiger partial charge in [0.05, 0.1) is 6.00 Å². The van der Waals surface area contributed by atoms with Gasteiger partial charge in [-0.3, -0.25) is 4.90 Å². The van der Waals surface area contributed by atoms with E-state index in [0.717, 1.165) is 4.47 Å². The van der Waals surface area contributed by atoms with E-state index in [2.05, 4.69) is 15.9 Å². The van der Waals surface area contributed by atoms with Crippen LogP contribution in [-0.2, 0) is 6.54 Å². The van der Waals surface area contributed by atoms with Crippen LogP contribution < -0.4 is 0 Å². The lowest BCUT2D eigenvalue weighted by molar-refractivity contribution is 0.374. The van der Waals surface area contributed by atoms with Gasteiger partial charge in [-0.15, -0.1) is 11.6 Å². The van der Waals surface area contributed by atoms with Crippen LogP contribution in [0.25, 0.3) is 0 Å². The van der Waals surface area contributed by atoms with Crippen molar-refractivity contribution in [1.82, 2.24) is 4.90 Å². The van der Waals surface area contributed by atoms with Crippen molar-refractivity contribution >= 4 is 27.5 Å². The molecular formula is C9H10BrClFN. The maximum absolute atomic E-state index is 13.2. The molecule has 0 heterocycles. The first-order valence-electron chi connectivity index (χ1n) is 3.82. The van der Waals surface area contributed by atoms with E-state index in [-0.39, 0.29) is 5.82 Å². The second kappa shape index (κ2) is 4.94. The summed E-state index contributed by atoms with van der Waals surface area (Å²) in [6.07, 6.45) is 0. The molecule has 0 bridgehead atoms. The summed E-state index contributed by atoms with van der Waals surface area (Å²) in [5, 5.41) is 0. The lowest BCUT2D eigenvalue weighted by Crippen LogP contribution is -2.16. The van der Waals surface area contributed by atoms with E-state index in [4.69, 9.17) is 11.6 Å². The molecule has 0 aliphatic carbocycles. The zero-order valence-corrected chi connectivity index (χ0v) is 9.57. The Balaban J connectivity index is 2.81. The summed E-state index contributed by atoms with van der Waals surface area (Å²) < 4.78 is 14.1. The predicted molar refractivity (Wildman–Crippen MR) is 56.3 cm³/mol. The molecule has 4 heteroatoms. The van der Waals surface area contributed by atoms with Crippen LogP contribution in [0.2, 0.25) is 0 Å². The summed E-state index contributed by atoms with van der Waals surface area (Å²) in [6, 6.07) is 5.28. The van der Waals surface area contributed by atoms with Crippen LogP contribution in [0.3, 0.4) is 0 Å². The van der Waals surface area contributed by atoms with E-state index >= 15 is 0 Å². The second-order valence-corrected chi connectivity index (χ2v) is 4.02. The Bertz CT molecular complexity index is 293. The minimum Gasteiger partial charge on any atom is -0.289 e. The van der Waals surface area contributed by atoms with Crippen molar-refractivity contribution in [2.75, 3.05) is 13.1 Å². The fourth-order valence-corrected chi connectivity index (χ4v) is 1.49. The third-order valence-electron chi connectivity index (χ3n) is 1.65. The number of hydrogen-bond donors (Lipinski definition) is 0. The van der Waals surface area contributed by atoms with Crippen LogP contribution in [0.1, 0.15) is 5.56 Å². The van der Waals surface area contributed by atoms with Gasteiger partial charge in [0.15, 0.2) is 0 Å². The SMILES string of the molecule is CN(CCl)Cc1cc(Br)ccc1F. The summed E-state index contributed by atoms with van der Waals surface area (Å²) in [7, 11) is 1.84. The van der Waals surface area contributed by atoms with E-state index in [9.17, 15) is 4.39 Å². The highest BCUT2D eigenvalue weighted by molar-refractivity contribution is 9.10. The monoisotopic (exact) mass is 265 g/mol. The van der Waals surface area contributed by atoms with E-state index in [0.29, 0.717) is 18.1 Å². The minimum absolute atomic E-state index is 0.194. The van der Waals surface area contributed by atoms with E-state index in [1.165, 1.54) is 6.07 Å². The van der Waals surface area contributed by atoms with Crippen LogP contribution >= 0.6 is 27.5 Å². The number of rotatable bonds is 3. The van der Waals surface area contributed by atoms with Crippen molar-refractivity contribution in [2.24, 2.45) is 0 Å². The number of halogens is 3. The first kappa shape index (κ1) is 11.0. The van der Waals surface area contributed by atoms with Crippen LogP contribution in [0, 0.1) is 5.82 Å². The second-order valence-electron chi connectivity index (χ2n) is 2.87. The molecule has 0 aliphatic rings. The molecule has 0 aromatic heterocycles. The van der Waals surface area contributed by atoms with Crippen LogP contribution in [0.5, 0.6) is 0 Å². The summed E-state index contributed by atoms with van der Waals surface area (Å²) in [5.74, 6) is -0.194. The standard InChI is InChI=1S/C9H10BrClFN/c1-13(6-11)5-7-4-8(10)2-3-9(7)12/h2-4H,5-6H2,1H3. The number of nitrogens with zero attached hydrogens (tertiary/aromatic N) is 1. The average molecular weight is 267 g/mol. The van der Waals surface area contributed by atoms with E-state index < -0.39 is 0 Å². The Labute approximate surface area is 90.6 Å². The molecule has 0 unspecified atom stereocenters. The van der Waals surface area contributed by atoms with Gasteiger partial charge < -0.3 is 0 Å². The van der Waals surface area contributed by atoms with Crippen molar-refractivity contribution in [3.63, 3.8) is 0 Å². The Morgan fingerprint density at radius 1 is 1.54 bits per heavy atom. The molecule has 72 valence electrons. The molecule has 0 spiro atoms. The maximum atomic E-state index is 13.2. The van der Waals surface area contributed by atoms with E-state index in [1.807, 2.05) is 11.9 Å². The highest BCUT2D eigenvalue weighted by Gasteiger charge is 2.04. The normalized spacial score (nSPS) is 10.8. The molecule has 0 atom stereocenters. The Morgan fingerprint density at radius 2 is 2.23 bits per heavy atom. The Hall–Kier alpha value is -0.120. The van der Waals surface area contributed by atoms with Gasteiger partial charge in [0.25, 0.3) is 0 Å². The molecule has 1 aromatic rings. The lowest BCUT2D eigenvalue weighted by Gasteiger charge is -2.13. The molecule has 1 rings (SSSR count). The first-order valence-corrected chi connectivity index (χ1v) is 5.14. The maximum Gasteiger partial charge on any atom is 0.127 e. The number of alkyl halides is 1. The Morgan fingerprint density at radius 3 is 2.85 bits per heavy atom. The molecule has 0 fully saturated rings. The zero-order chi connectivity index (χ0) is 9.84. The minimum atomic E-state index is -0.194. The van der Waals surface area contributed by atoms with Gasteiger partial charge in [-0.25, -0.2) is 4.39 Å². The van der Waals surface area contributed by atoms with Gasteiger partial charge in [-0.1, -0.05) is 15.9 Å². The molecule has 0 saturated carbocycles.